The van der Waals surface area contributed by atoms with Crippen LogP contribution in [0.25, 0.3) is 6.08 Å². The first-order chi connectivity index (χ1) is 9.24. The van der Waals surface area contributed by atoms with E-state index in [0.717, 1.165) is 11.8 Å². The normalized spacial score (nSPS) is 12.1. The van der Waals surface area contributed by atoms with Crippen LogP contribution in [0.15, 0.2) is 24.3 Å². The second-order valence-corrected chi connectivity index (χ2v) is 6.72. The Kier molecular flexibility index (Phi) is 5.74. The molecule has 0 aliphatic rings. The zero-order valence-electron chi connectivity index (χ0n) is 11.5. The number of nitrogens with zero attached hydrogens (tertiary/aromatic N) is 1. The van der Waals surface area contributed by atoms with Crippen LogP contribution in [0.5, 0.6) is 0 Å². The van der Waals surface area contributed by atoms with Crippen LogP contribution in [0.2, 0.25) is 5.02 Å². The number of halogens is 1. The molecule has 0 bridgehead atoms. The Morgan fingerprint density at radius 1 is 1.45 bits per heavy atom. The highest BCUT2D eigenvalue weighted by atomic mass is 35.5. The molecule has 0 saturated heterocycles. The SMILES string of the molecule is COC(=O)/C=C/c1ccc(Cl)c(CN(C)S(C)(=O)=O)c1. The van der Waals surface area contributed by atoms with Gasteiger partial charge in [0.15, 0.2) is 0 Å². The lowest BCUT2D eigenvalue weighted by Crippen LogP contribution is -2.25. The van der Waals surface area contributed by atoms with E-state index in [1.807, 2.05) is 0 Å². The largest absolute Gasteiger partial charge is 0.466 e. The van der Waals surface area contributed by atoms with E-state index in [2.05, 4.69) is 4.74 Å². The van der Waals surface area contributed by atoms with Crippen LogP contribution in [-0.4, -0.2) is 39.1 Å². The summed E-state index contributed by atoms with van der Waals surface area (Å²) in [5.74, 6) is -0.463. The Bertz CT molecular complexity index is 625. The topological polar surface area (TPSA) is 63.7 Å². The zero-order valence-corrected chi connectivity index (χ0v) is 13.0. The minimum Gasteiger partial charge on any atom is -0.466 e. The van der Waals surface area contributed by atoms with Crippen LogP contribution in [0.1, 0.15) is 11.1 Å². The van der Waals surface area contributed by atoms with E-state index in [9.17, 15) is 13.2 Å². The van der Waals surface area contributed by atoms with Gasteiger partial charge in [-0.25, -0.2) is 17.5 Å². The lowest BCUT2D eigenvalue weighted by atomic mass is 10.1. The molecule has 1 aromatic carbocycles. The highest BCUT2D eigenvalue weighted by Gasteiger charge is 2.13. The number of carbonyl (C=O) groups is 1. The summed E-state index contributed by atoms with van der Waals surface area (Å²) in [7, 11) is -0.510. The first kappa shape index (κ1) is 16.7. The minimum absolute atomic E-state index is 0.164. The molecule has 0 radical (unpaired) electrons. The van der Waals surface area contributed by atoms with E-state index in [1.165, 1.54) is 24.5 Å². The molecule has 0 saturated carbocycles. The maximum absolute atomic E-state index is 11.4. The third kappa shape index (κ3) is 4.96. The second-order valence-electron chi connectivity index (χ2n) is 4.23. The predicted molar refractivity (Wildman–Crippen MR) is 78.8 cm³/mol. The lowest BCUT2D eigenvalue weighted by Gasteiger charge is -2.15. The maximum Gasteiger partial charge on any atom is 0.330 e. The number of benzene rings is 1. The van der Waals surface area contributed by atoms with Gasteiger partial charge in [0, 0.05) is 24.7 Å². The summed E-state index contributed by atoms with van der Waals surface area (Å²) < 4.78 is 28.5. The van der Waals surface area contributed by atoms with Gasteiger partial charge in [-0.15, -0.1) is 0 Å². The summed E-state index contributed by atoms with van der Waals surface area (Å²) in [5, 5.41) is 0.468. The van der Waals surface area contributed by atoms with Crippen LogP contribution in [0.3, 0.4) is 0 Å². The van der Waals surface area contributed by atoms with Crippen LogP contribution < -0.4 is 0 Å². The molecule has 0 fully saturated rings. The molecule has 0 heterocycles. The number of ether oxygens (including phenoxy) is 1. The van der Waals surface area contributed by atoms with E-state index in [-0.39, 0.29) is 6.54 Å². The van der Waals surface area contributed by atoms with Crippen LogP contribution in [-0.2, 0) is 26.1 Å². The van der Waals surface area contributed by atoms with Gasteiger partial charge in [-0.1, -0.05) is 17.7 Å². The van der Waals surface area contributed by atoms with Gasteiger partial charge in [0.2, 0.25) is 10.0 Å². The molecule has 5 nitrogen and oxygen atoms in total. The molecule has 0 atom stereocenters. The van der Waals surface area contributed by atoms with Gasteiger partial charge in [0.05, 0.1) is 13.4 Å². The summed E-state index contributed by atoms with van der Waals surface area (Å²) >= 11 is 6.04. The lowest BCUT2D eigenvalue weighted by molar-refractivity contribution is -0.134. The zero-order chi connectivity index (χ0) is 15.3. The molecule has 1 aromatic rings. The van der Waals surface area contributed by atoms with Crippen molar-refractivity contribution >= 4 is 33.7 Å². The number of sulfonamides is 1. The average Bonchev–Trinajstić information content (AvgIpc) is 2.38. The van der Waals surface area contributed by atoms with Crippen molar-refractivity contribution in [2.24, 2.45) is 0 Å². The summed E-state index contributed by atoms with van der Waals surface area (Å²) in [6.45, 7) is 0.164. The van der Waals surface area contributed by atoms with E-state index in [4.69, 9.17) is 11.6 Å². The molecule has 0 aromatic heterocycles. The maximum atomic E-state index is 11.4. The van der Waals surface area contributed by atoms with Crippen molar-refractivity contribution in [3.05, 3.63) is 40.4 Å². The van der Waals surface area contributed by atoms with Gasteiger partial charge in [-0.05, 0) is 29.3 Å². The van der Waals surface area contributed by atoms with Crippen LogP contribution in [0, 0.1) is 0 Å². The monoisotopic (exact) mass is 317 g/mol. The highest BCUT2D eigenvalue weighted by molar-refractivity contribution is 7.88. The van der Waals surface area contributed by atoms with Crippen molar-refractivity contribution in [2.75, 3.05) is 20.4 Å². The summed E-state index contributed by atoms with van der Waals surface area (Å²) in [6.07, 6.45) is 3.99. The van der Waals surface area contributed by atoms with Crippen molar-refractivity contribution in [3.8, 4) is 0 Å². The standard InChI is InChI=1S/C13H16ClNO4S/c1-15(20(3,17)18)9-11-8-10(4-6-12(11)14)5-7-13(16)19-2/h4-8H,9H2,1-3H3/b7-5+. The molecular weight excluding hydrogens is 302 g/mol. The van der Waals surface area contributed by atoms with Gasteiger partial charge >= 0.3 is 5.97 Å². The molecule has 0 aliphatic carbocycles. The van der Waals surface area contributed by atoms with Crippen molar-refractivity contribution in [1.82, 2.24) is 4.31 Å². The number of rotatable bonds is 5. The molecule has 1 rings (SSSR count). The predicted octanol–water partition coefficient (Wildman–Crippen LogP) is 1.92. The van der Waals surface area contributed by atoms with E-state index >= 15 is 0 Å². The third-order valence-electron chi connectivity index (χ3n) is 2.64. The summed E-state index contributed by atoms with van der Waals surface area (Å²) in [4.78, 5) is 11.0. The fourth-order valence-corrected chi connectivity index (χ4v) is 1.96. The molecule has 110 valence electrons. The van der Waals surface area contributed by atoms with E-state index < -0.39 is 16.0 Å². The molecular formula is C13H16ClNO4S. The fourth-order valence-electron chi connectivity index (χ4n) is 1.41. The summed E-state index contributed by atoms with van der Waals surface area (Å²) in [6, 6.07) is 5.11. The molecule has 20 heavy (non-hydrogen) atoms. The van der Waals surface area contributed by atoms with Crippen molar-refractivity contribution < 1.29 is 17.9 Å². The van der Waals surface area contributed by atoms with Gasteiger partial charge in [-0.3, -0.25) is 0 Å². The van der Waals surface area contributed by atoms with Crippen LogP contribution >= 0.6 is 11.6 Å². The fraction of sp³-hybridized carbons (Fsp3) is 0.308. The minimum atomic E-state index is -3.28. The van der Waals surface area contributed by atoms with Gasteiger partial charge < -0.3 is 4.74 Å². The first-order valence-corrected chi connectivity index (χ1v) is 7.92. The Morgan fingerprint density at radius 2 is 2.10 bits per heavy atom. The Labute approximate surface area is 123 Å². The molecule has 7 heteroatoms. The number of carbonyl (C=O) groups excluding carboxylic acids is 1. The third-order valence-corrected chi connectivity index (χ3v) is 4.27. The number of hydrogen-bond acceptors (Lipinski definition) is 4. The van der Waals surface area contributed by atoms with Gasteiger partial charge in [-0.2, -0.15) is 0 Å². The molecule has 0 N–H and O–H groups in total. The highest BCUT2D eigenvalue weighted by Crippen LogP contribution is 2.20. The first-order valence-electron chi connectivity index (χ1n) is 5.70. The quantitative estimate of drug-likeness (QED) is 0.615. The Hall–Kier alpha value is -1.37. The number of methoxy groups -OCH3 is 1. The van der Waals surface area contributed by atoms with Crippen molar-refractivity contribution in [3.63, 3.8) is 0 Å². The smallest absolute Gasteiger partial charge is 0.330 e. The average molecular weight is 318 g/mol. The molecule has 0 unspecified atom stereocenters. The van der Waals surface area contributed by atoms with Crippen molar-refractivity contribution in [1.29, 1.82) is 0 Å². The van der Waals surface area contributed by atoms with E-state index in [1.54, 1.807) is 24.3 Å². The van der Waals surface area contributed by atoms with Gasteiger partial charge in [0.1, 0.15) is 0 Å². The number of esters is 1. The molecule has 0 amide bonds. The van der Waals surface area contributed by atoms with Gasteiger partial charge in [0.25, 0.3) is 0 Å². The second kappa shape index (κ2) is 6.88. The van der Waals surface area contributed by atoms with E-state index in [0.29, 0.717) is 10.6 Å². The number of hydrogen-bond donors (Lipinski definition) is 0. The summed E-state index contributed by atoms with van der Waals surface area (Å²) in [5.41, 5.74) is 1.39. The molecule has 0 aliphatic heterocycles. The van der Waals surface area contributed by atoms with Crippen LogP contribution in [0.4, 0.5) is 0 Å². The Balaban J connectivity index is 2.98. The molecule has 0 spiro atoms. The van der Waals surface area contributed by atoms with Crippen molar-refractivity contribution in [2.45, 2.75) is 6.54 Å². The Morgan fingerprint density at radius 3 is 2.65 bits per heavy atom.